The number of benzene rings is 2. The Morgan fingerprint density at radius 1 is 1.10 bits per heavy atom. The van der Waals surface area contributed by atoms with Gasteiger partial charge in [0.2, 0.25) is 0 Å². The molecule has 0 aliphatic rings. The Morgan fingerprint density at radius 3 is 2.62 bits per heavy atom. The van der Waals surface area contributed by atoms with Gasteiger partial charge in [0.05, 0.1) is 6.61 Å². The molecule has 0 fully saturated rings. The standard InChI is InChI=1S/C17H19FO3/c1-12-7-8-13(18)11-15(12)17(19)14-5-3-4-6-16(14)21-10-9-20-2/h3-8,11,17,19H,9-10H2,1-2H3. The van der Waals surface area contributed by atoms with Crippen molar-refractivity contribution in [3.63, 3.8) is 0 Å². The van der Waals surface area contributed by atoms with Crippen LogP contribution in [0, 0.1) is 12.7 Å². The molecule has 0 aliphatic heterocycles. The van der Waals surface area contributed by atoms with Gasteiger partial charge in [0.15, 0.2) is 0 Å². The van der Waals surface area contributed by atoms with Gasteiger partial charge in [0.1, 0.15) is 24.3 Å². The van der Waals surface area contributed by atoms with Crippen LogP contribution in [-0.4, -0.2) is 25.4 Å². The van der Waals surface area contributed by atoms with Crippen molar-refractivity contribution in [2.24, 2.45) is 0 Å². The van der Waals surface area contributed by atoms with Crippen molar-refractivity contribution in [3.05, 3.63) is 65.0 Å². The predicted octanol–water partition coefficient (Wildman–Crippen LogP) is 3.24. The maximum absolute atomic E-state index is 13.4. The Bertz CT molecular complexity index is 598. The number of rotatable bonds is 6. The predicted molar refractivity (Wildman–Crippen MR) is 79.0 cm³/mol. The summed E-state index contributed by atoms with van der Waals surface area (Å²) in [5.74, 6) is 0.207. The minimum Gasteiger partial charge on any atom is -0.491 e. The van der Waals surface area contributed by atoms with Crippen molar-refractivity contribution < 1.29 is 19.0 Å². The first-order valence-corrected chi connectivity index (χ1v) is 6.78. The summed E-state index contributed by atoms with van der Waals surface area (Å²) in [5, 5.41) is 10.6. The highest BCUT2D eigenvalue weighted by atomic mass is 19.1. The van der Waals surface area contributed by atoms with Crippen LogP contribution in [0.3, 0.4) is 0 Å². The van der Waals surface area contributed by atoms with Gasteiger partial charge >= 0.3 is 0 Å². The number of methoxy groups -OCH3 is 1. The number of aliphatic hydroxyl groups is 1. The molecule has 4 heteroatoms. The summed E-state index contributed by atoms with van der Waals surface area (Å²) in [6.45, 7) is 2.69. The van der Waals surface area contributed by atoms with E-state index in [-0.39, 0.29) is 5.82 Å². The van der Waals surface area contributed by atoms with E-state index in [0.717, 1.165) is 5.56 Å². The summed E-state index contributed by atoms with van der Waals surface area (Å²) in [7, 11) is 1.60. The zero-order chi connectivity index (χ0) is 15.2. The quantitative estimate of drug-likeness (QED) is 0.830. The Morgan fingerprint density at radius 2 is 1.86 bits per heavy atom. The molecule has 0 aliphatic carbocycles. The Hall–Kier alpha value is -1.91. The SMILES string of the molecule is COCCOc1ccccc1C(O)c1cc(F)ccc1C. The number of hydrogen-bond donors (Lipinski definition) is 1. The first kappa shape index (κ1) is 15.5. The van der Waals surface area contributed by atoms with Crippen LogP contribution in [0.2, 0.25) is 0 Å². The van der Waals surface area contributed by atoms with Crippen molar-refractivity contribution in [3.8, 4) is 5.75 Å². The lowest BCUT2D eigenvalue weighted by Gasteiger charge is -2.18. The van der Waals surface area contributed by atoms with Crippen molar-refractivity contribution in [1.29, 1.82) is 0 Å². The van der Waals surface area contributed by atoms with E-state index in [4.69, 9.17) is 9.47 Å². The molecule has 1 unspecified atom stereocenters. The first-order valence-electron chi connectivity index (χ1n) is 6.78. The van der Waals surface area contributed by atoms with Gasteiger partial charge < -0.3 is 14.6 Å². The molecule has 1 atom stereocenters. The molecule has 2 aromatic carbocycles. The number of ether oxygens (including phenoxy) is 2. The fourth-order valence-electron chi connectivity index (χ4n) is 2.15. The van der Waals surface area contributed by atoms with Gasteiger partial charge in [-0.15, -0.1) is 0 Å². The Labute approximate surface area is 124 Å². The second-order valence-electron chi connectivity index (χ2n) is 4.78. The van der Waals surface area contributed by atoms with Crippen LogP contribution in [-0.2, 0) is 4.74 Å². The summed E-state index contributed by atoms with van der Waals surface area (Å²) >= 11 is 0. The molecule has 0 saturated heterocycles. The third-order valence-electron chi connectivity index (χ3n) is 3.29. The van der Waals surface area contributed by atoms with Crippen LogP contribution < -0.4 is 4.74 Å². The summed E-state index contributed by atoms with van der Waals surface area (Å²) in [6, 6.07) is 11.6. The van der Waals surface area contributed by atoms with Gasteiger partial charge in [-0.2, -0.15) is 0 Å². The zero-order valence-electron chi connectivity index (χ0n) is 12.2. The molecular formula is C17H19FO3. The number of aliphatic hydroxyl groups excluding tert-OH is 1. The first-order chi connectivity index (χ1) is 10.1. The van der Waals surface area contributed by atoms with Crippen molar-refractivity contribution in [2.75, 3.05) is 20.3 Å². The van der Waals surface area contributed by atoms with Gasteiger partial charge in [-0.3, -0.25) is 0 Å². The minimum atomic E-state index is -0.931. The highest BCUT2D eigenvalue weighted by Crippen LogP contribution is 2.31. The second kappa shape index (κ2) is 7.20. The van der Waals surface area contributed by atoms with Crippen LogP contribution in [0.1, 0.15) is 22.8 Å². The van der Waals surface area contributed by atoms with Crippen molar-refractivity contribution >= 4 is 0 Å². The van der Waals surface area contributed by atoms with E-state index in [2.05, 4.69) is 0 Å². The topological polar surface area (TPSA) is 38.7 Å². The number of aryl methyl sites for hydroxylation is 1. The fraction of sp³-hybridized carbons (Fsp3) is 0.294. The van der Waals surface area contributed by atoms with E-state index in [1.807, 2.05) is 19.1 Å². The molecule has 0 heterocycles. The highest BCUT2D eigenvalue weighted by molar-refractivity contribution is 5.42. The van der Waals surface area contributed by atoms with Crippen LogP contribution in [0.5, 0.6) is 5.75 Å². The van der Waals surface area contributed by atoms with E-state index >= 15 is 0 Å². The van der Waals surface area contributed by atoms with Crippen LogP contribution in [0.15, 0.2) is 42.5 Å². The maximum atomic E-state index is 13.4. The van der Waals surface area contributed by atoms with E-state index in [1.54, 1.807) is 25.3 Å². The van der Waals surface area contributed by atoms with E-state index in [1.165, 1.54) is 12.1 Å². The minimum absolute atomic E-state index is 0.368. The smallest absolute Gasteiger partial charge is 0.125 e. The monoisotopic (exact) mass is 290 g/mol. The molecule has 112 valence electrons. The van der Waals surface area contributed by atoms with E-state index in [0.29, 0.717) is 30.1 Å². The van der Waals surface area contributed by atoms with Crippen LogP contribution >= 0.6 is 0 Å². The molecule has 2 aromatic rings. The highest BCUT2D eigenvalue weighted by Gasteiger charge is 2.17. The average molecular weight is 290 g/mol. The maximum Gasteiger partial charge on any atom is 0.125 e. The average Bonchev–Trinajstić information content (AvgIpc) is 2.50. The molecule has 0 aromatic heterocycles. The molecule has 0 saturated carbocycles. The van der Waals surface area contributed by atoms with Crippen molar-refractivity contribution in [1.82, 2.24) is 0 Å². The van der Waals surface area contributed by atoms with Gasteiger partial charge in [0, 0.05) is 12.7 Å². The summed E-state index contributed by atoms with van der Waals surface area (Å²) in [6.07, 6.45) is -0.931. The van der Waals surface area contributed by atoms with E-state index < -0.39 is 6.10 Å². The van der Waals surface area contributed by atoms with Gasteiger partial charge in [-0.1, -0.05) is 24.3 Å². The largest absolute Gasteiger partial charge is 0.491 e. The molecule has 21 heavy (non-hydrogen) atoms. The number of halogens is 1. The normalized spacial score (nSPS) is 12.2. The molecular weight excluding hydrogens is 271 g/mol. The Balaban J connectivity index is 2.30. The lowest BCUT2D eigenvalue weighted by Crippen LogP contribution is -2.09. The lowest BCUT2D eigenvalue weighted by atomic mass is 9.97. The molecule has 1 N–H and O–H groups in total. The second-order valence-corrected chi connectivity index (χ2v) is 4.78. The lowest BCUT2D eigenvalue weighted by molar-refractivity contribution is 0.142. The van der Waals surface area contributed by atoms with Gasteiger partial charge in [-0.05, 0) is 36.2 Å². The third kappa shape index (κ3) is 3.80. The van der Waals surface area contributed by atoms with Gasteiger partial charge in [-0.25, -0.2) is 4.39 Å². The fourth-order valence-corrected chi connectivity index (χ4v) is 2.15. The molecule has 0 bridgehead atoms. The van der Waals surface area contributed by atoms with Crippen molar-refractivity contribution in [2.45, 2.75) is 13.0 Å². The molecule has 2 rings (SSSR count). The number of hydrogen-bond acceptors (Lipinski definition) is 3. The summed E-state index contributed by atoms with van der Waals surface area (Å²) in [5.41, 5.74) is 1.98. The molecule has 3 nitrogen and oxygen atoms in total. The van der Waals surface area contributed by atoms with Gasteiger partial charge in [0.25, 0.3) is 0 Å². The number of para-hydroxylation sites is 1. The van der Waals surface area contributed by atoms with E-state index in [9.17, 15) is 9.50 Å². The third-order valence-corrected chi connectivity index (χ3v) is 3.29. The van der Waals surface area contributed by atoms with Crippen LogP contribution in [0.4, 0.5) is 4.39 Å². The van der Waals surface area contributed by atoms with Crippen LogP contribution in [0.25, 0.3) is 0 Å². The molecule has 0 amide bonds. The zero-order valence-corrected chi connectivity index (χ0v) is 12.2. The molecule has 0 spiro atoms. The Kier molecular flexibility index (Phi) is 5.31. The summed E-state index contributed by atoms with van der Waals surface area (Å²) in [4.78, 5) is 0. The summed E-state index contributed by atoms with van der Waals surface area (Å²) < 4.78 is 24.0. The molecule has 0 radical (unpaired) electrons.